The van der Waals surface area contributed by atoms with Crippen molar-refractivity contribution in [3.05, 3.63) is 30.6 Å². The van der Waals surface area contributed by atoms with Gasteiger partial charge in [-0.05, 0) is 39.3 Å². The van der Waals surface area contributed by atoms with Gasteiger partial charge in [-0.2, -0.15) is 0 Å². The summed E-state index contributed by atoms with van der Waals surface area (Å²) in [5, 5.41) is 3.15. The van der Waals surface area contributed by atoms with Gasteiger partial charge in [-0.3, -0.25) is 4.99 Å². The molecular weight excluding hydrogens is 377 g/mol. The Labute approximate surface area is 143 Å². The Balaban J connectivity index is 0.00000220. The van der Waals surface area contributed by atoms with E-state index in [0.717, 1.165) is 24.0 Å². The van der Waals surface area contributed by atoms with Crippen molar-refractivity contribution in [2.45, 2.75) is 39.3 Å². The van der Waals surface area contributed by atoms with E-state index in [-0.39, 0.29) is 29.5 Å². The number of hydrogen-bond donors (Lipinski definition) is 2. The van der Waals surface area contributed by atoms with Gasteiger partial charge in [0.05, 0.1) is 17.4 Å². The highest BCUT2D eigenvalue weighted by molar-refractivity contribution is 14.0. The monoisotopic (exact) mass is 401 g/mol. The second-order valence-electron chi connectivity index (χ2n) is 5.92. The summed E-state index contributed by atoms with van der Waals surface area (Å²) in [4.78, 5) is 8.71. The van der Waals surface area contributed by atoms with Crippen LogP contribution in [0.25, 0.3) is 11.0 Å². The molecule has 0 aliphatic rings. The standard InChI is InChI=1S/C15H23N5.HI/c1-15(2,3)19-14(16)17-9-6-10-20-11-18-12-7-4-5-8-13(12)20;/h4-5,7-8,11H,6,9-10H2,1-3H3,(H3,16,17,19);1H. The first kappa shape index (κ1) is 17.7. The number of para-hydroxylation sites is 2. The molecule has 6 heteroatoms. The number of nitrogens with two attached hydrogens (primary N) is 1. The van der Waals surface area contributed by atoms with E-state index in [9.17, 15) is 0 Å². The average Bonchev–Trinajstić information content (AvgIpc) is 2.76. The van der Waals surface area contributed by atoms with Crippen LogP contribution >= 0.6 is 24.0 Å². The summed E-state index contributed by atoms with van der Waals surface area (Å²) >= 11 is 0. The van der Waals surface area contributed by atoms with Crippen LogP contribution < -0.4 is 11.1 Å². The molecule has 3 N–H and O–H groups in total. The topological polar surface area (TPSA) is 68.2 Å². The number of nitrogens with zero attached hydrogens (tertiary/aromatic N) is 3. The SMILES string of the molecule is CC(C)(C)NC(N)=NCCCn1cnc2ccccc21.I. The second kappa shape index (κ2) is 7.63. The van der Waals surface area contributed by atoms with Crippen LogP contribution in [0.15, 0.2) is 35.6 Å². The predicted molar refractivity (Wildman–Crippen MR) is 99.1 cm³/mol. The third-order valence-corrected chi connectivity index (χ3v) is 2.87. The van der Waals surface area contributed by atoms with Crippen LogP contribution in [-0.4, -0.2) is 27.6 Å². The van der Waals surface area contributed by atoms with Crippen LogP contribution in [0.4, 0.5) is 0 Å². The number of aromatic nitrogens is 2. The summed E-state index contributed by atoms with van der Waals surface area (Å²) in [6.45, 7) is 7.79. The lowest BCUT2D eigenvalue weighted by molar-refractivity contribution is 0.507. The quantitative estimate of drug-likeness (QED) is 0.358. The molecule has 0 unspecified atom stereocenters. The van der Waals surface area contributed by atoms with Gasteiger partial charge in [0.25, 0.3) is 0 Å². The number of hydrogen-bond acceptors (Lipinski definition) is 2. The zero-order valence-corrected chi connectivity index (χ0v) is 15.2. The number of aliphatic imine (C=N–C) groups is 1. The maximum atomic E-state index is 5.83. The number of guanidine groups is 1. The van der Waals surface area contributed by atoms with Crippen LogP contribution in [0.1, 0.15) is 27.2 Å². The Kier molecular flexibility index (Phi) is 6.44. The van der Waals surface area contributed by atoms with Crippen molar-refractivity contribution in [3.8, 4) is 0 Å². The smallest absolute Gasteiger partial charge is 0.188 e. The van der Waals surface area contributed by atoms with Crippen molar-refractivity contribution in [3.63, 3.8) is 0 Å². The fourth-order valence-corrected chi connectivity index (χ4v) is 2.05. The third kappa shape index (κ3) is 5.53. The summed E-state index contributed by atoms with van der Waals surface area (Å²) < 4.78 is 2.15. The molecule has 2 aromatic rings. The lowest BCUT2D eigenvalue weighted by Crippen LogP contribution is -2.45. The maximum Gasteiger partial charge on any atom is 0.188 e. The van der Waals surface area contributed by atoms with Crippen molar-refractivity contribution in [1.82, 2.24) is 14.9 Å². The zero-order valence-electron chi connectivity index (χ0n) is 12.8. The molecule has 0 saturated heterocycles. The highest BCUT2D eigenvalue weighted by atomic mass is 127. The summed E-state index contributed by atoms with van der Waals surface area (Å²) in [5.74, 6) is 0.507. The minimum Gasteiger partial charge on any atom is -0.370 e. The molecule has 21 heavy (non-hydrogen) atoms. The Hall–Kier alpha value is -1.31. The Morgan fingerprint density at radius 1 is 1.33 bits per heavy atom. The zero-order chi connectivity index (χ0) is 14.6. The highest BCUT2D eigenvalue weighted by Gasteiger charge is 2.09. The molecule has 0 aliphatic carbocycles. The Bertz CT molecular complexity index is 597. The molecule has 0 saturated carbocycles. The molecular formula is C15H24IN5. The molecule has 1 aromatic heterocycles. The molecule has 0 radical (unpaired) electrons. The fourth-order valence-electron chi connectivity index (χ4n) is 2.05. The molecule has 0 atom stereocenters. The second-order valence-corrected chi connectivity index (χ2v) is 5.92. The van der Waals surface area contributed by atoms with Crippen molar-refractivity contribution >= 4 is 41.0 Å². The van der Waals surface area contributed by atoms with Crippen molar-refractivity contribution in [2.75, 3.05) is 6.54 Å². The maximum absolute atomic E-state index is 5.83. The van der Waals surface area contributed by atoms with E-state index in [4.69, 9.17) is 5.73 Å². The Morgan fingerprint density at radius 3 is 2.76 bits per heavy atom. The van der Waals surface area contributed by atoms with Crippen LogP contribution in [0, 0.1) is 0 Å². The van der Waals surface area contributed by atoms with Gasteiger partial charge >= 0.3 is 0 Å². The van der Waals surface area contributed by atoms with Gasteiger partial charge < -0.3 is 15.6 Å². The van der Waals surface area contributed by atoms with E-state index < -0.39 is 0 Å². The van der Waals surface area contributed by atoms with Crippen molar-refractivity contribution in [2.24, 2.45) is 10.7 Å². The van der Waals surface area contributed by atoms with Crippen molar-refractivity contribution < 1.29 is 0 Å². The molecule has 0 amide bonds. The summed E-state index contributed by atoms with van der Waals surface area (Å²) in [6, 6.07) is 8.14. The number of imidazole rings is 1. The molecule has 0 bridgehead atoms. The summed E-state index contributed by atoms with van der Waals surface area (Å²) in [5.41, 5.74) is 7.98. The number of rotatable bonds is 4. The fraction of sp³-hybridized carbons (Fsp3) is 0.467. The molecule has 1 heterocycles. The lowest BCUT2D eigenvalue weighted by atomic mass is 10.1. The van der Waals surface area contributed by atoms with Gasteiger partial charge in [-0.1, -0.05) is 12.1 Å². The number of halogens is 1. The number of nitrogens with one attached hydrogen (secondary N) is 1. The predicted octanol–water partition coefficient (Wildman–Crippen LogP) is 2.75. The largest absolute Gasteiger partial charge is 0.370 e. The number of fused-ring (bicyclic) bond motifs is 1. The van der Waals surface area contributed by atoms with Crippen LogP contribution in [0.2, 0.25) is 0 Å². The number of benzene rings is 1. The van der Waals surface area contributed by atoms with E-state index in [1.165, 1.54) is 0 Å². The summed E-state index contributed by atoms with van der Waals surface area (Å²) in [7, 11) is 0. The van der Waals surface area contributed by atoms with Crippen LogP contribution in [-0.2, 0) is 6.54 Å². The number of aryl methyl sites for hydroxylation is 1. The van der Waals surface area contributed by atoms with Crippen molar-refractivity contribution in [1.29, 1.82) is 0 Å². The molecule has 116 valence electrons. The minimum absolute atomic E-state index is 0. The van der Waals surface area contributed by atoms with Crippen LogP contribution in [0.3, 0.4) is 0 Å². The minimum atomic E-state index is -0.0475. The lowest BCUT2D eigenvalue weighted by Gasteiger charge is -2.20. The third-order valence-electron chi connectivity index (χ3n) is 2.87. The van der Waals surface area contributed by atoms with Crippen LogP contribution in [0.5, 0.6) is 0 Å². The van der Waals surface area contributed by atoms with E-state index >= 15 is 0 Å². The molecule has 0 spiro atoms. The molecule has 0 aliphatic heterocycles. The first-order valence-electron chi connectivity index (χ1n) is 6.94. The first-order chi connectivity index (χ1) is 9.46. The molecule has 2 rings (SSSR count). The highest BCUT2D eigenvalue weighted by Crippen LogP contribution is 2.11. The van der Waals surface area contributed by atoms with E-state index in [1.54, 1.807) is 0 Å². The molecule has 5 nitrogen and oxygen atoms in total. The molecule has 1 aromatic carbocycles. The molecule has 0 fully saturated rings. The van der Waals surface area contributed by atoms with Gasteiger partial charge in [-0.15, -0.1) is 24.0 Å². The van der Waals surface area contributed by atoms with Gasteiger partial charge in [0, 0.05) is 18.6 Å². The summed E-state index contributed by atoms with van der Waals surface area (Å²) in [6.07, 6.45) is 2.82. The Morgan fingerprint density at radius 2 is 2.05 bits per heavy atom. The van der Waals surface area contributed by atoms with Gasteiger partial charge in [0.1, 0.15) is 0 Å². The van der Waals surface area contributed by atoms with Gasteiger partial charge in [-0.25, -0.2) is 4.98 Å². The first-order valence-corrected chi connectivity index (χ1v) is 6.94. The van der Waals surface area contributed by atoms with Gasteiger partial charge in [0.15, 0.2) is 5.96 Å². The average molecular weight is 401 g/mol. The van der Waals surface area contributed by atoms with Gasteiger partial charge in [0.2, 0.25) is 0 Å². The van der Waals surface area contributed by atoms with E-state index in [0.29, 0.717) is 12.5 Å². The normalized spacial score (nSPS) is 12.2. The van der Waals surface area contributed by atoms with E-state index in [1.807, 2.05) is 24.5 Å². The van der Waals surface area contributed by atoms with E-state index in [2.05, 4.69) is 46.7 Å².